The van der Waals surface area contributed by atoms with Crippen LogP contribution >= 0.6 is 23.2 Å². The summed E-state index contributed by atoms with van der Waals surface area (Å²) in [5.41, 5.74) is 3.76. The molecule has 3 aromatic rings. The lowest BCUT2D eigenvalue weighted by Gasteiger charge is -2.13. The largest absolute Gasteiger partial charge is 0.493 e. The minimum absolute atomic E-state index is 0.250. The summed E-state index contributed by atoms with van der Waals surface area (Å²) in [5, 5.41) is 6.97. The van der Waals surface area contributed by atoms with Gasteiger partial charge in [0.2, 0.25) is 0 Å². The third-order valence-corrected chi connectivity index (χ3v) is 4.77. The van der Waals surface area contributed by atoms with E-state index in [0.717, 1.165) is 17.7 Å². The number of methoxy groups -OCH3 is 1. The third kappa shape index (κ3) is 6.93. The fourth-order valence-electron chi connectivity index (χ4n) is 2.63. The van der Waals surface area contributed by atoms with Gasteiger partial charge in [-0.1, -0.05) is 35.3 Å². The van der Waals surface area contributed by atoms with Crippen LogP contribution in [0.25, 0.3) is 0 Å². The second-order valence-electron chi connectivity index (χ2n) is 6.61. The Bertz CT molecular complexity index is 1170. The number of nitrogens with zero attached hydrogens (tertiary/aromatic N) is 1. The van der Waals surface area contributed by atoms with Gasteiger partial charge in [-0.25, -0.2) is 9.82 Å². The standard InChI is InChI=1S/C23H18Cl2FN3O4/c1-32-20-11-15(10-19(25)21(20)33-13-14-2-4-16(24)5-3-14)12-27-29-23(31)22(30)28-18-8-6-17(26)7-9-18/h2-12H,13H2,1H3,(H,28,30)(H,29,31)/b27-12-. The number of carbonyl (C=O) groups is 2. The minimum atomic E-state index is -1.00. The van der Waals surface area contributed by atoms with Crippen LogP contribution in [0.2, 0.25) is 10.0 Å². The van der Waals surface area contributed by atoms with Gasteiger partial charge in [-0.05, 0) is 59.7 Å². The Morgan fingerprint density at radius 2 is 1.73 bits per heavy atom. The van der Waals surface area contributed by atoms with E-state index in [0.29, 0.717) is 22.1 Å². The topological polar surface area (TPSA) is 89.0 Å². The molecule has 10 heteroatoms. The van der Waals surface area contributed by atoms with Crippen molar-refractivity contribution in [3.8, 4) is 11.5 Å². The Balaban J connectivity index is 1.61. The highest BCUT2D eigenvalue weighted by Gasteiger charge is 2.14. The molecule has 0 fully saturated rings. The summed E-state index contributed by atoms with van der Waals surface area (Å²) in [4.78, 5) is 23.8. The zero-order valence-corrected chi connectivity index (χ0v) is 18.8. The normalized spacial score (nSPS) is 10.7. The molecule has 0 aliphatic rings. The summed E-state index contributed by atoms with van der Waals surface area (Å²) in [6, 6.07) is 15.3. The molecule has 7 nitrogen and oxygen atoms in total. The van der Waals surface area contributed by atoms with Gasteiger partial charge >= 0.3 is 11.8 Å². The molecule has 0 saturated heterocycles. The van der Waals surface area contributed by atoms with Gasteiger partial charge in [0, 0.05) is 10.7 Å². The van der Waals surface area contributed by atoms with Gasteiger partial charge in [0.1, 0.15) is 12.4 Å². The molecular formula is C23H18Cl2FN3O4. The lowest BCUT2D eigenvalue weighted by Crippen LogP contribution is -2.32. The van der Waals surface area contributed by atoms with Crippen LogP contribution in [0.5, 0.6) is 11.5 Å². The van der Waals surface area contributed by atoms with E-state index in [1.807, 2.05) is 12.1 Å². The zero-order valence-electron chi connectivity index (χ0n) is 17.3. The van der Waals surface area contributed by atoms with E-state index in [1.54, 1.807) is 24.3 Å². The van der Waals surface area contributed by atoms with Crippen molar-refractivity contribution >= 4 is 46.9 Å². The lowest BCUT2D eigenvalue weighted by atomic mass is 10.2. The highest BCUT2D eigenvalue weighted by molar-refractivity contribution is 6.39. The SMILES string of the molecule is COc1cc(/C=N\NC(=O)C(=O)Nc2ccc(F)cc2)cc(Cl)c1OCc1ccc(Cl)cc1. The molecule has 2 N–H and O–H groups in total. The maximum Gasteiger partial charge on any atom is 0.329 e. The number of amides is 2. The summed E-state index contributed by atoms with van der Waals surface area (Å²) in [6.45, 7) is 0.250. The Kier molecular flexibility index (Phi) is 8.23. The summed E-state index contributed by atoms with van der Waals surface area (Å²) in [7, 11) is 1.46. The highest BCUT2D eigenvalue weighted by atomic mass is 35.5. The minimum Gasteiger partial charge on any atom is -0.493 e. The highest BCUT2D eigenvalue weighted by Crippen LogP contribution is 2.36. The fourth-order valence-corrected chi connectivity index (χ4v) is 3.03. The first-order valence-electron chi connectivity index (χ1n) is 9.50. The van der Waals surface area contributed by atoms with Crippen molar-refractivity contribution < 1.29 is 23.5 Å². The molecule has 0 aromatic heterocycles. The number of hydrogen-bond donors (Lipinski definition) is 2. The Labute approximate surface area is 199 Å². The summed E-state index contributed by atoms with van der Waals surface area (Å²) in [5.74, 6) is -1.72. The van der Waals surface area contributed by atoms with E-state index in [-0.39, 0.29) is 17.3 Å². The predicted molar refractivity (Wildman–Crippen MR) is 125 cm³/mol. The summed E-state index contributed by atoms with van der Waals surface area (Å²) in [6.07, 6.45) is 1.29. The lowest BCUT2D eigenvalue weighted by molar-refractivity contribution is -0.136. The molecule has 0 spiro atoms. The van der Waals surface area contributed by atoms with Crippen LogP contribution in [0.4, 0.5) is 10.1 Å². The molecule has 0 aliphatic heterocycles. The first kappa shape index (κ1) is 24.0. The molecule has 0 heterocycles. The van der Waals surface area contributed by atoms with Crippen molar-refractivity contribution in [2.75, 3.05) is 12.4 Å². The molecule has 0 radical (unpaired) electrons. The van der Waals surface area contributed by atoms with E-state index < -0.39 is 17.6 Å². The second kappa shape index (κ2) is 11.3. The van der Waals surface area contributed by atoms with Crippen LogP contribution in [0.15, 0.2) is 65.8 Å². The monoisotopic (exact) mass is 489 g/mol. The van der Waals surface area contributed by atoms with E-state index >= 15 is 0 Å². The van der Waals surface area contributed by atoms with Crippen LogP contribution in [-0.2, 0) is 16.2 Å². The molecule has 0 saturated carbocycles. The quantitative estimate of drug-likeness (QED) is 0.283. The zero-order chi connectivity index (χ0) is 23.8. The van der Waals surface area contributed by atoms with Crippen molar-refractivity contribution in [3.05, 3.63) is 87.7 Å². The van der Waals surface area contributed by atoms with Crippen molar-refractivity contribution in [2.24, 2.45) is 5.10 Å². The third-order valence-electron chi connectivity index (χ3n) is 4.24. The van der Waals surface area contributed by atoms with Crippen molar-refractivity contribution in [1.82, 2.24) is 5.43 Å². The molecule has 170 valence electrons. The molecule has 2 amide bonds. The average molecular weight is 490 g/mol. The van der Waals surface area contributed by atoms with Crippen LogP contribution in [0, 0.1) is 5.82 Å². The van der Waals surface area contributed by atoms with Crippen LogP contribution in [-0.4, -0.2) is 25.1 Å². The van der Waals surface area contributed by atoms with Crippen molar-refractivity contribution in [3.63, 3.8) is 0 Å². The molecule has 0 bridgehead atoms. The van der Waals surface area contributed by atoms with E-state index in [2.05, 4.69) is 15.8 Å². The molecular weight excluding hydrogens is 472 g/mol. The number of hydrogen-bond acceptors (Lipinski definition) is 5. The second-order valence-corrected chi connectivity index (χ2v) is 7.45. The first-order valence-corrected chi connectivity index (χ1v) is 10.3. The Hall–Kier alpha value is -3.62. The molecule has 33 heavy (non-hydrogen) atoms. The maximum absolute atomic E-state index is 12.9. The number of anilines is 1. The van der Waals surface area contributed by atoms with Gasteiger partial charge in [0.05, 0.1) is 18.3 Å². The van der Waals surface area contributed by atoms with Crippen molar-refractivity contribution in [1.29, 1.82) is 0 Å². The fraction of sp³-hybridized carbons (Fsp3) is 0.0870. The number of halogens is 3. The van der Waals surface area contributed by atoms with E-state index in [1.165, 1.54) is 25.5 Å². The Morgan fingerprint density at radius 1 is 1.03 bits per heavy atom. The van der Waals surface area contributed by atoms with Crippen LogP contribution in [0.3, 0.4) is 0 Å². The number of carbonyl (C=O) groups excluding carboxylic acids is 2. The van der Waals surface area contributed by atoms with Crippen LogP contribution < -0.4 is 20.2 Å². The smallest absolute Gasteiger partial charge is 0.329 e. The number of nitrogens with one attached hydrogen (secondary N) is 2. The van der Waals surface area contributed by atoms with Crippen molar-refractivity contribution in [2.45, 2.75) is 6.61 Å². The van der Waals surface area contributed by atoms with E-state index in [4.69, 9.17) is 32.7 Å². The number of ether oxygens (including phenoxy) is 2. The van der Waals surface area contributed by atoms with Gasteiger partial charge in [0.15, 0.2) is 11.5 Å². The number of benzene rings is 3. The number of hydrazone groups is 1. The molecule has 3 aromatic carbocycles. The predicted octanol–water partition coefficient (Wildman–Crippen LogP) is 4.81. The first-order chi connectivity index (χ1) is 15.9. The summed E-state index contributed by atoms with van der Waals surface area (Å²) < 4.78 is 24.0. The van der Waals surface area contributed by atoms with Gasteiger partial charge in [-0.15, -0.1) is 0 Å². The van der Waals surface area contributed by atoms with E-state index in [9.17, 15) is 14.0 Å². The molecule has 0 unspecified atom stereocenters. The van der Waals surface area contributed by atoms with Gasteiger partial charge in [-0.2, -0.15) is 5.10 Å². The van der Waals surface area contributed by atoms with Gasteiger partial charge in [0.25, 0.3) is 0 Å². The van der Waals surface area contributed by atoms with Gasteiger partial charge in [-0.3, -0.25) is 9.59 Å². The Morgan fingerprint density at radius 3 is 2.39 bits per heavy atom. The molecule has 0 aliphatic carbocycles. The van der Waals surface area contributed by atoms with Crippen LogP contribution in [0.1, 0.15) is 11.1 Å². The molecule has 0 atom stereocenters. The molecule has 3 rings (SSSR count). The average Bonchev–Trinajstić information content (AvgIpc) is 2.80. The maximum atomic E-state index is 12.9. The summed E-state index contributed by atoms with van der Waals surface area (Å²) >= 11 is 12.2. The number of rotatable bonds is 7. The van der Waals surface area contributed by atoms with Gasteiger partial charge < -0.3 is 14.8 Å².